The van der Waals surface area contributed by atoms with Gasteiger partial charge in [0.05, 0.1) is 12.7 Å². The molecule has 2 N–H and O–H groups in total. The molecule has 78 valence electrons. The van der Waals surface area contributed by atoms with Gasteiger partial charge in [0, 0.05) is 6.07 Å². The first-order valence-corrected chi connectivity index (χ1v) is 4.27. The lowest BCUT2D eigenvalue weighted by Gasteiger charge is -2.05. The maximum atomic E-state index is 13.5. The lowest BCUT2D eigenvalue weighted by molar-refractivity contribution is 0.402. The van der Waals surface area contributed by atoms with Crippen molar-refractivity contribution in [3.63, 3.8) is 0 Å². The largest absolute Gasteiger partial charge is 0.496 e. The number of nitrogens with two attached hydrogens (primary N) is 1. The van der Waals surface area contributed by atoms with E-state index in [0.717, 1.165) is 0 Å². The summed E-state index contributed by atoms with van der Waals surface area (Å²) in [4.78, 5) is 0. The fourth-order valence-corrected chi connectivity index (χ4v) is 1.32. The van der Waals surface area contributed by atoms with Crippen LogP contribution in [-0.2, 0) is 0 Å². The van der Waals surface area contributed by atoms with Crippen LogP contribution in [0.25, 0.3) is 11.3 Å². The van der Waals surface area contributed by atoms with Gasteiger partial charge in [0.25, 0.3) is 0 Å². The zero-order valence-electron chi connectivity index (χ0n) is 8.03. The molecule has 0 radical (unpaired) electrons. The molecule has 0 bridgehead atoms. The molecule has 4 nitrogen and oxygen atoms in total. The minimum Gasteiger partial charge on any atom is -0.496 e. The van der Waals surface area contributed by atoms with Crippen molar-refractivity contribution < 1.29 is 13.7 Å². The highest BCUT2D eigenvalue weighted by atomic mass is 19.1. The molecular weight excluding hydrogens is 199 g/mol. The van der Waals surface area contributed by atoms with Crippen molar-refractivity contribution >= 4 is 5.82 Å². The van der Waals surface area contributed by atoms with E-state index in [1.165, 1.54) is 19.2 Å². The van der Waals surface area contributed by atoms with Gasteiger partial charge < -0.3 is 15.0 Å². The molecule has 2 rings (SSSR count). The molecule has 0 spiro atoms. The molecule has 0 unspecified atom stereocenters. The van der Waals surface area contributed by atoms with Crippen molar-refractivity contribution in [1.82, 2.24) is 5.16 Å². The van der Waals surface area contributed by atoms with Crippen molar-refractivity contribution in [3.05, 3.63) is 30.1 Å². The van der Waals surface area contributed by atoms with Crippen LogP contribution in [0.15, 0.2) is 28.8 Å². The summed E-state index contributed by atoms with van der Waals surface area (Å²) in [6.45, 7) is 0. The number of hydrogen-bond acceptors (Lipinski definition) is 4. The van der Waals surface area contributed by atoms with Crippen molar-refractivity contribution in [2.45, 2.75) is 0 Å². The Kier molecular flexibility index (Phi) is 2.29. The number of halogens is 1. The highest BCUT2D eigenvalue weighted by molar-refractivity contribution is 5.68. The minimum absolute atomic E-state index is 0.204. The van der Waals surface area contributed by atoms with Crippen LogP contribution in [0.1, 0.15) is 0 Å². The summed E-state index contributed by atoms with van der Waals surface area (Å²) in [5, 5.41) is 3.49. The zero-order chi connectivity index (χ0) is 10.8. The maximum Gasteiger partial charge on any atom is 0.175 e. The molecule has 0 aliphatic heterocycles. The van der Waals surface area contributed by atoms with E-state index in [1.807, 2.05) is 0 Å². The van der Waals surface area contributed by atoms with Gasteiger partial charge >= 0.3 is 0 Å². The molecule has 0 atom stereocenters. The lowest BCUT2D eigenvalue weighted by atomic mass is 10.1. The fraction of sp³-hybridized carbons (Fsp3) is 0.100. The second kappa shape index (κ2) is 3.61. The van der Waals surface area contributed by atoms with Gasteiger partial charge in [0.15, 0.2) is 11.6 Å². The Morgan fingerprint density at radius 1 is 1.47 bits per heavy atom. The van der Waals surface area contributed by atoms with Crippen molar-refractivity contribution in [1.29, 1.82) is 0 Å². The predicted octanol–water partition coefficient (Wildman–Crippen LogP) is 2.07. The smallest absolute Gasteiger partial charge is 0.175 e. The van der Waals surface area contributed by atoms with Gasteiger partial charge in [-0.15, -0.1) is 0 Å². The molecule has 0 aliphatic carbocycles. The lowest BCUT2D eigenvalue weighted by Crippen LogP contribution is -1.90. The van der Waals surface area contributed by atoms with Crippen LogP contribution >= 0.6 is 0 Å². The topological polar surface area (TPSA) is 61.3 Å². The Morgan fingerprint density at radius 3 is 2.87 bits per heavy atom. The molecule has 15 heavy (non-hydrogen) atoms. The normalized spacial score (nSPS) is 10.3. The third kappa shape index (κ3) is 1.63. The van der Waals surface area contributed by atoms with Gasteiger partial charge in [0.1, 0.15) is 11.6 Å². The number of benzene rings is 1. The predicted molar refractivity (Wildman–Crippen MR) is 52.9 cm³/mol. The van der Waals surface area contributed by atoms with E-state index in [-0.39, 0.29) is 17.1 Å². The quantitative estimate of drug-likeness (QED) is 0.820. The van der Waals surface area contributed by atoms with E-state index in [2.05, 4.69) is 5.16 Å². The Balaban J connectivity index is 2.60. The Morgan fingerprint density at radius 2 is 2.27 bits per heavy atom. The number of anilines is 1. The summed E-state index contributed by atoms with van der Waals surface area (Å²) in [5.74, 6) is 0.398. The highest BCUT2D eigenvalue weighted by Crippen LogP contribution is 2.32. The van der Waals surface area contributed by atoms with Crippen molar-refractivity contribution in [2.75, 3.05) is 12.8 Å². The Labute approximate surface area is 85.4 Å². The van der Waals surface area contributed by atoms with Gasteiger partial charge in [0.2, 0.25) is 0 Å². The molecule has 1 aromatic heterocycles. The van der Waals surface area contributed by atoms with E-state index >= 15 is 0 Å². The third-order valence-corrected chi connectivity index (χ3v) is 1.97. The molecule has 0 fully saturated rings. The van der Waals surface area contributed by atoms with Crippen LogP contribution in [0, 0.1) is 5.82 Å². The van der Waals surface area contributed by atoms with Crippen LogP contribution < -0.4 is 10.5 Å². The fourth-order valence-electron chi connectivity index (χ4n) is 1.32. The van der Waals surface area contributed by atoms with Crippen molar-refractivity contribution in [3.8, 4) is 17.1 Å². The monoisotopic (exact) mass is 208 g/mol. The number of nitrogen functional groups attached to an aromatic ring is 1. The Bertz CT molecular complexity index is 482. The first-order chi connectivity index (χ1) is 7.22. The van der Waals surface area contributed by atoms with Crippen LogP contribution in [0.5, 0.6) is 5.75 Å². The third-order valence-electron chi connectivity index (χ3n) is 1.97. The van der Waals surface area contributed by atoms with Gasteiger partial charge in [-0.1, -0.05) is 11.2 Å². The van der Waals surface area contributed by atoms with Crippen LogP contribution in [0.3, 0.4) is 0 Å². The summed E-state index contributed by atoms with van der Waals surface area (Å²) in [5.41, 5.74) is 5.62. The second-order valence-corrected chi connectivity index (χ2v) is 2.93. The number of aromatic nitrogens is 1. The SMILES string of the molecule is COc1cccc(F)c1-c1cc(N)no1. The molecule has 2 aromatic rings. The molecule has 0 aliphatic rings. The van der Waals surface area contributed by atoms with Crippen molar-refractivity contribution in [2.24, 2.45) is 0 Å². The van der Waals surface area contributed by atoms with Gasteiger partial charge in [-0.2, -0.15) is 0 Å². The number of rotatable bonds is 2. The second-order valence-electron chi connectivity index (χ2n) is 2.93. The molecule has 0 saturated heterocycles. The average molecular weight is 208 g/mol. The summed E-state index contributed by atoms with van der Waals surface area (Å²) < 4.78 is 23.4. The van der Waals surface area contributed by atoms with Crippen LogP contribution in [0.2, 0.25) is 0 Å². The number of nitrogens with zero attached hydrogens (tertiary/aromatic N) is 1. The number of methoxy groups -OCH3 is 1. The van der Waals surface area contributed by atoms with E-state index in [0.29, 0.717) is 5.75 Å². The standard InChI is InChI=1S/C10H9FN2O2/c1-14-7-4-2-3-6(11)10(7)8-5-9(12)13-15-8/h2-5H,1H3,(H2,12,13). The molecule has 0 amide bonds. The van der Waals surface area contributed by atoms with Crippen LogP contribution in [0.4, 0.5) is 10.2 Å². The number of hydrogen-bond donors (Lipinski definition) is 1. The van der Waals surface area contributed by atoms with E-state index in [1.54, 1.807) is 12.1 Å². The maximum absolute atomic E-state index is 13.5. The summed E-state index contributed by atoms with van der Waals surface area (Å²) in [6.07, 6.45) is 0. The van der Waals surface area contributed by atoms with E-state index < -0.39 is 5.82 Å². The molecule has 5 heteroatoms. The van der Waals surface area contributed by atoms with E-state index in [4.69, 9.17) is 15.0 Å². The first-order valence-electron chi connectivity index (χ1n) is 4.27. The Hall–Kier alpha value is -2.04. The molecule has 1 heterocycles. The summed E-state index contributed by atoms with van der Waals surface area (Å²) in [6, 6.07) is 5.95. The van der Waals surface area contributed by atoms with Gasteiger partial charge in [-0.25, -0.2) is 4.39 Å². The molecular formula is C10H9FN2O2. The average Bonchev–Trinajstić information content (AvgIpc) is 2.64. The number of ether oxygens (including phenoxy) is 1. The van der Waals surface area contributed by atoms with Gasteiger partial charge in [-0.05, 0) is 12.1 Å². The molecule has 1 aromatic carbocycles. The molecule has 0 saturated carbocycles. The minimum atomic E-state index is -0.439. The van der Waals surface area contributed by atoms with E-state index in [9.17, 15) is 4.39 Å². The summed E-state index contributed by atoms with van der Waals surface area (Å²) >= 11 is 0. The first kappa shape index (κ1) is 9.51. The summed E-state index contributed by atoms with van der Waals surface area (Å²) in [7, 11) is 1.46. The van der Waals surface area contributed by atoms with Gasteiger partial charge in [-0.3, -0.25) is 0 Å². The highest BCUT2D eigenvalue weighted by Gasteiger charge is 2.15. The van der Waals surface area contributed by atoms with Crippen LogP contribution in [-0.4, -0.2) is 12.3 Å². The zero-order valence-corrected chi connectivity index (χ0v) is 8.03.